The fourth-order valence-corrected chi connectivity index (χ4v) is 2.37. The highest BCUT2D eigenvalue weighted by Crippen LogP contribution is 2.30. The third-order valence-electron chi connectivity index (χ3n) is 3.72. The Bertz CT molecular complexity index is 646. The molecule has 3 rings (SSSR count). The van der Waals surface area contributed by atoms with Crippen LogP contribution in [0.15, 0.2) is 34.9 Å². The maximum absolute atomic E-state index is 10.8. The Hall–Kier alpha value is -2.34. The number of benzene rings is 1. The van der Waals surface area contributed by atoms with E-state index in [-0.39, 0.29) is 5.69 Å². The topological polar surface area (TPSA) is 75.8 Å². The van der Waals surface area contributed by atoms with Crippen molar-refractivity contribution in [2.45, 2.75) is 32.0 Å². The SMILES string of the molecule is COc1ccc(CN(Cc2nc(C(=O)O)co2)C2CC2)cc1. The Morgan fingerprint density at radius 3 is 2.64 bits per heavy atom. The van der Waals surface area contributed by atoms with Crippen LogP contribution in [0.1, 0.15) is 34.8 Å². The highest BCUT2D eigenvalue weighted by Gasteiger charge is 2.30. The molecule has 0 bridgehead atoms. The Labute approximate surface area is 128 Å². The van der Waals surface area contributed by atoms with Gasteiger partial charge in [0.15, 0.2) is 5.69 Å². The molecule has 1 N–H and O–H groups in total. The van der Waals surface area contributed by atoms with E-state index in [0.29, 0.717) is 18.5 Å². The molecule has 22 heavy (non-hydrogen) atoms. The summed E-state index contributed by atoms with van der Waals surface area (Å²) in [4.78, 5) is 17.1. The molecule has 1 heterocycles. The number of carboxylic acids is 1. The van der Waals surface area contributed by atoms with E-state index < -0.39 is 5.97 Å². The first-order valence-electron chi connectivity index (χ1n) is 7.20. The van der Waals surface area contributed by atoms with E-state index >= 15 is 0 Å². The van der Waals surface area contributed by atoms with E-state index in [0.717, 1.165) is 25.1 Å². The van der Waals surface area contributed by atoms with Crippen molar-refractivity contribution < 1.29 is 19.1 Å². The molecule has 1 aliphatic rings. The second kappa shape index (κ2) is 6.19. The molecule has 0 aliphatic heterocycles. The van der Waals surface area contributed by atoms with Gasteiger partial charge in [0.2, 0.25) is 5.89 Å². The van der Waals surface area contributed by atoms with Crippen LogP contribution >= 0.6 is 0 Å². The van der Waals surface area contributed by atoms with Gasteiger partial charge in [-0.15, -0.1) is 0 Å². The second-order valence-electron chi connectivity index (χ2n) is 5.42. The summed E-state index contributed by atoms with van der Waals surface area (Å²) in [6, 6.07) is 8.46. The van der Waals surface area contributed by atoms with Crippen LogP contribution in [0.2, 0.25) is 0 Å². The summed E-state index contributed by atoms with van der Waals surface area (Å²) in [6.45, 7) is 1.30. The number of aromatic nitrogens is 1. The molecule has 1 aromatic heterocycles. The summed E-state index contributed by atoms with van der Waals surface area (Å²) in [7, 11) is 1.65. The predicted molar refractivity (Wildman–Crippen MR) is 78.7 cm³/mol. The first-order valence-corrected chi connectivity index (χ1v) is 7.20. The van der Waals surface area contributed by atoms with Gasteiger partial charge in [-0.1, -0.05) is 12.1 Å². The number of rotatable bonds is 7. The van der Waals surface area contributed by atoms with Gasteiger partial charge in [0, 0.05) is 12.6 Å². The van der Waals surface area contributed by atoms with E-state index in [9.17, 15) is 4.79 Å². The van der Waals surface area contributed by atoms with Crippen LogP contribution < -0.4 is 4.74 Å². The number of carbonyl (C=O) groups is 1. The zero-order chi connectivity index (χ0) is 15.5. The van der Waals surface area contributed by atoms with E-state index in [1.165, 1.54) is 11.8 Å². The molecule has 0 unspecified atom stereocenters. The van der Waals surface area contributed by atoms with Gasteiger partial charge in [0.05, 0.1) is 13.7 Å². The maximum Gasteiger partial charge on any atom is 0.357 e. The zero-order valence-corrected chi connectivity index (χ0v) is 12.4. The molecule has 0 saturated heterocycles. The van der Waals surface area contributed by atoms with Crippen molar-refractivity contribution in [2.24, 2.45) is 0 Å². The smallest absolute Gasteiger partial charge is 0.357 e. The number of oxazole rings is 1. The van der Waals surface area contributed by atoms with Gasteiger partial charge >= 0.3 is 5.97 Å². The van der Waals surface area contributed by atoms with Crippen molar-refractivity contribution in [3.05, 3.63) is 47.7 Å². The van der Waals surface area contributed by atoms with Gasteiger partial charge in [0.25, 0.3) is 0 Å². The lowest BCUT2D eigenvalue weighted by Crippen LogP contribution is -2.25. The number of carboxylic acid groups (broad SMARTS) is 1. The van der Waals surface area contributed by atoms with Crippen LogP contribution in [0.3, 0.4) is 0 Å². The lowest BCUT2D eigenvalue weighted by Gasteiger charge is -2.20. The molecule has 0 atom stereocenters. The Morgan fingerprint density at radius 2 is 2.09 bits per heavy atom. The summed E-state index contributed by atoms with van der Waals surface area (Å²) in [5, 5.41) is 8.89. The molecule has 0 amide bonds. The molecule has 1 aliphatic carbocycles. The Kier molecular flexibility index (Phi) is 4.11. The molecule has 0 spiro atoms. The number of aromatic carboxylic acids is 1. The second-order valence-corrected chi connectivity index (χ2v) is 5.42. The van der Waals surface area contributed by atoms with E-state index in [2.05, 4.69) is 9.88 Å². The maximum atomic E-state index is 10.8. The number of ether oxygens (including phenoxy) is 1. The van der Waals surface area contributed by atoms with Crippen molar-refractivity contribution in [3.8, 4) is 5.75 Å². The minimum atomic E-state index is -1.07. The molecular weight excluding hydrogens is 284 g/mol. The van der Waals surface area contributed by atoms with Gasteiger partial charge in [-0.2, -0.15) is 0 Å². The first-order chi connectivity index (χ1) is 10.7. The largest absolute Gasteiger partial charge is 0.497 e. The molecule has 1 aromatic carbocycles. The van der Waals surface area contributed by atoms with Crippen molar-refractivity contribution in [1.29, 1.82) is 0 Å². The lowest BCUT2D eigenvalue weighted by atomic mass is 10.2. The van der Waals surface area contributed by atoms with Gasteiger partial charge in [-0.05, 0) is 30.5 Å². The summed E-state index contributed by atoms with van der Waals surface area (Å²) in [5.41, 5.74) is 1.13. The molecule has 116 valence electrons. The van der Waals surface area contributed by atoms with Crippen LogP contribution in [0.4, 0.5) is 0 Å². The van der Waals surface area contributed by atoms with E-state index in [1.54, 1.807) is 7.11 Å². The summed E-state index contributed by atoms with van der Waals surface area (Å²) < 4.78 is 10.4. The number of hydrogen-bond donors (Lipinski definition) is 1. The van der Waals surface area contributed by atoms with Crippen LogP contribution in [0.5, 0.6) is 5.75 Å². The predicted octanol–water partition coefficient (Wildman–Crippen LogP) is 2.55. The van der Waals surface area contributed by atoms with Crippen LogP contribution in [0, 0.1) is 0 Å². The highest BCUT2D eigenvalue weighted by atomic mass is 16.5. The average Bonchev–Trinajstić information content (AvgIpc) is 3.26. The Morgan fingerprint density at radius 1 is 1.36 bits per heavy atom. The normalized spacial score (nSPS) is 14.3. The van der Waals surface area contributed by atoms with Crippen molar-refractivity contribution in [1.82, 2.24) is 9.88 Å². The van der Waals surface area contributed by atoms with Crippen molar-refractivity contribution in [2.75, 3.05) is 7.11 Å². The van der Waals surface area contributed by atoms with Crippen molar-refractivity contribution >= 4 is 5.97 Å². The van der Waals surface area contributed by atoms with E-state index in [1.807, 2.05) is 24.3 Å². The fourth-order valence-electron chi connectivity index (χ4n) is 2.37. The Balaban J connectivity index is 1.68. The summed E-state index contributed by atoms with van der Waals surface area (Å²) in [5.74, 6) is 0.210. The molecule has 0 radical (unpaired) electrons. The van der Waals surface area contributed by atoms with Crippen LogP contribution in [-0.2, 0) is 13.1 Å². The molecule has 1 fully saturated rings. The van der Waals surface area contributed by atoms with Crippen molar-refractivity contribution in [3.63, 3.8) is 0 Å². The molecule has 1 saturated carbocycles. The summed E-state index contributed by atoms with van der Waals surface area (Å²) >= 11 is 0. The first kappa shape index (κ1) is 14.6. The molecule has 6 nitrogen and oxygen atoms in total. The number of nitrogens with zero attached hydrogens (tertiary/aromatic N) is 2. The molecule has 2 aromatic rings. The third-order valence-corrected chi connectivity index (χ3v) is 3.72. The lowest BCUT2D eigenvalue weighted by molar-refractivity contribution is 0.0690. The molecular formula is C16H18N2O4. The highest BCUT2D eigenvalue weighted by molar-refractivity contribution is 5.84. The number of methoxy groups -OCH3 is 1. The minimum absolute atomic E-state index is 0.0461. The zero-order valence-electron chi connectivity index (χ0n) is 12.4. The van der Waals surface area contributed by atoms with Crippen LogP contribution in [0.25, 0.3) is 0 Å². The van der Waals surface area contributed by atoms with Gasteiger partial charge in [0.1, 0.15) is 12.0 Å². The van der Waals surface area contributed by atoms with Gasteiger partial charge in [-0.3, -0.25) is 4.90 Å². The fraction of sp³-hybridized carbons (Fsp3) is 0.375. The summed E-state index contributed by atoms with van der Waals surface area (Å²) in [6.07, 6.45) is 3.50. The number of hydrogen-bond acceptors (Lipinski definition) is 5. The monoisotopic (exact) mass is 302 g/mol. The van der Waals surface area contributed by atoms with Gasteiger partial charge in [-0.25, -0.2) is 9.78 Å². The quantitative estimate of drug-likeness (QED) is 0.847. The van der Waals surface area contributed by atoms with Crippen LogP contribution in [-0.4, -0.2) is 34.1 Å². The average molecular weight is 302 g/mol. The van der Waals surface area contributed by atoms with E-state index in [4.69, 9.17) is 14.3 Å². The molecule has 6 heteroatoms. The standard InChI is InChI=1S/C16H18N2O4/c1-21-13-6-2-11(3-7-13)8-18(12-4-5-12)9-15-17-14(10-22-15)16(19)20/h2-3,6-7,10,12H,4-5,8-9H2,1H3,(H,19,20). The van der Waals surface area contributed by atoms with Gasteiger partial charge < -0.3 is 14.3 Å². The third kappa shape index (κ3) is 3.46. The minimum Gasteiger partial charge on any atom is -0.497 e.